The minimum atomic E-state index is 0.910. The molecule has 0 amide bonds. The molecular weight excluding hydrogens is 196 g/mol. The molecule has 0 atom stereocenters. The van der Waals surface area contributed by atoms with Gasteiger partial charge in [0.05, 0.1) is 0 Å². The number of rotatable bonds is 0. The third-order valence-electron chi connectivity index (χ3n) is 3.47. The molecule has 1 aromatic carbocycles. The van der Waals surface area contributed by atoms with Gasteiger partial charge in [0.1, 0.15) is 0 Å². The van der Waals surface area contributed by atoms with E-state index in [2.05, 4.69) is 47.8 Å². The highest BCUT2D eigenvalue weighted by Gasteiger charge is 2.10. The molecule has 1 aliphatic heterocycles. The van der Waals surface area contributed by atoms with Gasteiger partial charge in [-0.05, 0) is 25.9 Å². The number of aromatic nitrogens is 1. The summed E-state index contributed by atoms with van der Waals surface area (Å²) in [6.45, 7) is 1.98. The predicted octanol–water partition coefficient (Wildman–Crippen LogP) is 2.82. The number of nitrogens with zero attached hydrogens (tertiary/aromatic N) is 2. The van der Waals surface area contributed by atoms with E-state index in [0.29, 0.717) is 0 Å². The Morgan fingerprint density at radius 1 is 1.12 bits per heavy atom. The van der Waals surface area contributed by atoms with Crippen molar-refractivity contribution < 1.29 is 0 Å². The van der Waals surface area contributed by atoms with E-state index in [-0.39, 0.29) is 0 Å². The lowest BCUT2D eigenvalue weighted by molar-refractivity contribution is 0.363. The zero-order valence-electron chi connectivity index (χ0n) is 9.45. The summed E-state index contributed by atoms with van der Waals surface area (Å²) in [6, 6.07) is 8.53. The van der Waals surface area contributed by atoms with Crippen LogP contribution in [0.2, 0.25) is 0 Å². The molecule has 0 saturated carbocycles. The van der Waals surface area contributed by atoms with Gasteiger partial charge in [-0.25, -0.2) is 0 Å². The van der Waals surface area contributed by atoms with Crippen LogP contribution in [0.1, 0.15) is 17.7 Å². The molecule has 0 fully saturated rings. The van der Waals surface area contributed by atoms with Gasteiger partial charge in [-0.3, -0.25) is 7.05 Å². The third kappa shape index (κ3) is 1.34. The average molecular weight is 212 g/mol. The molecule has 1 aliphatic rings. The van der Waals surface area contributed by atoms with Crippen LogP contribution in [0.3, 0.4) is 0 Å². The first kappa shape index (κ1) is 9.79. The van der Waals surface area contributed by atoms with Crippen molar-refractivity contribution in [3.05, 3.63) is 49.6 Å². The van der Waals surface area contributed by atoms with E-state index in [1.54, 1.807) is 0 Å². The third-order valence-corrected chi connectivity index (χ3v) is 3.47. The molecule has 16 heavy (non-hydrogen) atoms. The maximum Gasteiger partial charge on any atom is -0.0306 e. The van der Waals surface area contributed by atoms with Crippen molar-refractivity contribution in [2.24, 2.45) is 0 Å². The second-order valence-electron chi connectivity index (χ2n) is 4.53. The van der Waals surface area contributed by atoms with E-state index in [9.17, 15) is 0 Å². The molecule has 2 heteroatoms. The quantitative estimate of drug-likeness (QED) is 0.610. The Kier molecular flexibility index (Phi) is 2.18. The molecule has 2 heterocycles. The minimum Gasteiger partial charge on any atom is -0.483 e. The predicted molar refractivity (Wildman–Crippen MR) is 66.8 cm³/mol. The zero-order valence-corrected chi connectivity index (χ0v) is 9.45. The molecule has 2 nitrogen and oxygen atoms in total. The summed E-state index contributed by atoms with van der Waals surface area (Å²) in [4.78, 5) is 2.13. The van der Waals surface area contributed by atoms with Crippen LogP contribution in [0.5, 0.6) is 0 Å². The summed E-state index contributed by atoms with van der Waals surface area (Å²) in [7, 11) is 8.22. The Morgan fingerprint density at radius 3 is 2.81 bits per heavy atom. The van der Waals surface area contributed by atoms with E-state index in [4.69, 9.17) is 0 Å². The standard InChI is InChI=1S/C14H16N2/c1-15-9-5-7-12-11-6-3-4-8-13(11)16(2)14(12)10-15/h3-4,6,8H,1-2,5,7,9-10H2/q-2. The minimum absolute atomic E-state index is 0.910. The summed E-state index contributed by atoms with van der Waals surface area (Å²) in [5.41, 5.74) is 4.04. The van der Waals surface area contributed by atoms with Crippen LogP contribution in [-0.2, 0) is 13.0 Å². The van der Waals surface area contributed by atoms with Crippen molar-refractivity contribution in [2.75, 3.05) is 6.54 Å². The fourth-order valence-electron chi connectivity index (χ4n) is 2.66. The summed E-state index contributed by atoms with van der Waals surface area (Å²) >= 11 is 0. The first-order valence-electron chi connectivity index (χ1n) is 5.75. The summed E-state index contributed by atoms with van der Waals surface area (Å²) in [5.74, 6) is 0. The van der Waals surface area contributed by atoms with Crippen molar-refractivity contribution in [1.82, 2.24) is 9.47 Å². The van der Waals surface area contributed by atoms with E-state index in [1.165, 1.54) is 28.6 Å². The molecule has 0 radical (unpaired) electrons. The van der Waals surface area contributed by atoms with Crippen molar-refractivity contribution in [3.8, 4) is 0 Å². The highest BCUT2D eigenvalue weighted by Crippen LogP contribution is 2.29. The van der Waals surface area contributed by atoms with Crippen LogP contribution in [0, 0.1) is 14.1 Å². The Balaban J connectivity index is 2.27. The Morgan fingerprint density at radius 2 is 1.94 bits per heavy atom. The van der Waals surface area contributed by atoms with Crippen LogP contribution < -0.4 is 0 Å². The van der Waals surface area contributed by atoms with Gasteiger partial charge in [-0.1, -0.05) is 46.4 Å². The van der Waals surface area contributed by atoms with Crippen LogP contribution in [-0.4, -0.2) is 16.0 Å². The number of fused-ring (bicyclic) bond motifs is 3. The van der Waals surface area contributed by atoms with Crippen LogP contribution in [0.25, 0.3) is 10.9 Å². The van der Waals surface area contributed by atoms with Gasteiger partial charge in [-0.2, -0.15) is 0 Å². The zero-order chi connectivity index (χ0) is 11.1. The first-order chi connectivity index (χ1) is 7.77. The molecule has 0 N–H and O–H groups in total. The monoisotopic (exact) mass is 212 g/mol. The van der Waals surface area contributed by atoms with Gasteiger partial charge in [0.25, 0.3) is 0 Å². The molecule has 0 saturated heterocycles. The lowest BCUT2D eigenvalue weighted by Gasteiger charge is -2.26. The molecule has 1 aromatic heterocycles. The van der Waals surface area contributed by atoms with Crippen molar-refractivity contribution in [3.63, 3.8) is 0 Å². The van der Waals surface area contributed by atoms with Gasteiger partial charge in [0.15, 0.2) is 0 Å². The fourth-order valence-corrected chi connectivity index (χ4v) is 2.66. The van der Waals surface area contributed by atoms with Crippen LogP contribution in [0.4, 0.5) is 0 Å². The van der Waals surface area contributed by atoms with Gasteiger partial charge in [0.2, 0.25) is 0 Å². The van der Waals surface area contributed by atoms with Crippen LogP contribution in [0.15, 0.2) is 24.3 Å². The Bertz CT molecular complexity index is 525. The maximum atomic E-state index is 4.16. The molecule has 2 aromatic rings. The Hall–Kier alpha value is -1.41. The average Bonchev–Trinajstić information content (AvgIpc) is 2.47. The van der Waals surface area contributed by atoms with E-state index >= 15 is 0 Å². The number of aryl methyl sites for hydroxylation is 1. The van der Waals surface area contributed by atoms with Gasteiger partial charge in [-0.15, -0.1) is 7.05 Å². The number of benzene rings is 1. The number of hydrogen-bond acceptors (Lipinski definition) is 1. The second kappa shape index (κ2) is 3.56. The summed E-state index contributed by atoms with van der Waals surface area (Å²) < 4.78 is 2.08. The number of para-hydroxylation sites is 1. The van der Waals surface area contributed by atoms with Crippen molar-refractivity contribution >= 4 is 10.9 Å². The summed E-state index contributed by atoms with van der Waals surface area (Å²) in [5, 5.41) is 1.36. The van der Waals surface area contributed by atoms with E-state index < -0.39 is 0 Å². The van der Waals surface area contributed by atoms with Crippen molar-refractivity contribution in [2.45, 2.75) is 19.4 Å². The maximum absolute atomic E-state index is 4.16. The fraction of sp³-hybridized carbons (Fsp3) is 0.286. The largest absolute Gasteiger partial charge is 0.483 e. The van der Waals surface area contributed by atoms with E-state index in [0.717, 1.165) is 19.5 Å². The molecule has 3 rings (SSSR count). The second-order valence-corrected chi connectivity index (χ2v) is 4.53. The first-order valence-corrected chi connectivity index (χ1v) is 5.75. The molecule has 0 spiro atoms. The van der Waals surface area contributed by atoms with Gasteiger partial charge < -0.3 is 9.47 Å². The summed E-state index contributed by atoms with van der Waals surface area (Å²) in [6.07, 6.45) is 2.33. The Labute approximate surface area is 96.5 Å². The van der Waals surface area contributed by atoms with Crippen molar-refractivity contribution in [1.29, 1.82) is 0 Å². The topological polar surface area (TPSA) is 8.17 Å². The van der Waals surface area contributed by atoms with Crippen LogP contribution >= 0.6 is 0 Å². The molecule has 0 aliphatic carbocycles. The molecule has 84 valence electrons. The van der Waals surface area contributed by atoms with Gasteiger partial charge >= 0.3 is 0 Å². The lowest BCUT2D eigenvalue weighted by atomic mass is 10.1. The van der Waals surface area contributed by atoms with Gasteiger partial charge in [0, 0.05) is 0 Å². The molecule has 0 bridgehead atoms. The van der Waals surface area contributed by atoms with E-state index in [1.807, 2.05) is 0 Å². The molecular formula is C14H16N2-2. The highest BCUT2D eigenvalue weighted by atomic mass is 15.1. The number of hydrogen-bond donors (Lipinski definition) is 0. The normalized spacial score (nSPS) is 17.3. The highest BCUT2D eigenvalue weighted by molar-refractivity contribution is 5.85. The smallest absolute Gasteiger partial charge is 0.0306 e. The lowest BCUT2D eigenvalue weighted by Crippen LogP contribution is -2.16. The SMILES string of the molecule is [CH2-]N1CCCc2c(n([CH2-])c3ccccc23)C1. The molecule has 0 unspecified atom stereocenters.